The van der Waals surface area contributed by atoms with Gasteiger partial charge in [0.05, 0.1) is 13.7 Å². The summed E-state index contributed by atoms with van der Waals surface area (Å²) in [5, 5.41) is 11.1. The van der Waals surface area contributed by atoms with Crippen LogP contribution in [0.3, 0.4) is 0 Å². The van der Waals surface area contributed by atoms with E-state index in [0.717, 1.165) is 0 Å². The lowest BCUT2D eigenvalue weighted by Gasteiger charge is -2.06. The highest BCUT2D eigenvalue weighted by Crippen LogP contribution is 2.17. The number of rotatable bonds is 5. The Bertz CT molecular complexity index is 368. The Kier molecular flexibility index (Phi) is 4.72. The van der Waals surface area contributed by atoms with Gasteiger partial charge in [-0.3, -0.25) is 4.79 Å². The van der Waals surface area contributed by atoms with Gasteiger partial charge in [-0.15, -0.1) is 0 Å². The molecule has 0 aliphatic carbocycles. The van der Waals surface area contributed by atoms with Crippen LogP contribution < -0.4 is 10.1 Å². The second kappa shape index (κ2) is 6.07. The second-order valence-electron chi connectivity index (χ2n) is 3.22. The van der Waals surface area contributed by atoms with E-state index in [1.54, 1.807) is 6.07 Å². The van der Waals surface area contributed by atoms with Crippen LogP contribution in [0, 0.1) is 5.82 Å². The van der Waals surface area contributed by atoms with Gasteiger partial charge < -0.3 is 15.2 Å². The molecule has 4 nitrogen and oxygen atoms in total. The van der Waals surface area contributed by atoms with Crippen LogP contribution in [0.1, 0.15) is 12.0 Å². The third-order valence-electron chi connectivity index (χ3n) is 2.04. The first-order chi connectivity index (χ1) is 7.67. The van der Waals surface area contributed by atoms with Crippen molar-refractivity contribution in [3.8, 4) is 5.75 Å². The predicted molar refractivity (Wildman–Crippen MR) is 56.5 cm³/mol. The molecule has 0 aromatic heterocycles. The van der Waals surface area contributed by atoms with Crippen molar-refractivity contribution in [2.24, 2.45) is 0 Å². The Hall–Kier alpha value is -1.62. The summed E-state index contributed by atoms with van der Waals surface area (Å²) in [7, 11) is 1.39. The molecule has 0 aliphatic heterocycles. The Morgan fingerprint density at radius 3 is 2.88 bits per heavy atom. The lowest BCUT2D eigenvalue weighted by atomic mass is 10.2. The first kappa shape index (κ1) is 12.4. The third kappa shape index (κ3) is 3.51. The Balaban J connectivity index is 2.55. The molecule has 16 heavy (non-hydrogen) atoms. The number of carbonyl (C=O) groups is 1. The smallest absolute Gasteiger partial charge is 0.222 e. The van der Waals surface area contributed by atoms with Gasteiger partial charge in [-0.05, 0) is 17.7 Å². The maximum atomic E-state index is 13.2. The van der Waals surface area contributed by atoms with E-state index in [0.29, 0.717) is 5.56 Å². The molecule has 1 rings (SSSR count). The van der Waals surface area contributed by atoms with E-state index in [4.69, 9.17) is 9.84 Å². The lowest BCUT2D eigenvalue weighted by molar-refractivity contribution is -0.121. The normalized spacial score (nSPS) is 9.94. The van der Waals surface area contributed by atoms with Gasteiger partial charge in [0.1, 0.15) is 0 Å². The second-order valence-corrected chi connectivity index (χ2v) is 3.22. The van der Waals surface area contributed by atoms with E-state index in [1.807, 2.05) is 0 Å². The van der Waals surface area contributed by atoms with Crippen molar-refractivity contribution in [2.45, 2.75) is 13.0 Å². The number of hydrogen-bond acceptors (Lipinski definition) is 3. The number of benzene rings is 1. The van der Waals surface area contributed by atoms with Crippen molar-refractivity contribution in [2.75, 3.05) is 13.7 Å². The molecule has 5 heteroatoms. The molecule has 0 atom stereocenters. The minimum Gasteiger partial charge on any atom is -0.494 e. The van der Waals surface area contributed by atoms with Crippen molar-refractivity contribution < 1.29 is 19.0 Å². The largest absolute Gasteiger partial charge is 0.494 e. The number of carbonyl (C=O) groups excluding carboxylic acids is 1. The maximum Gasteiger partial charge on any atom is 0.222 e. The summed E-state index contributed by atoms with van der Waals surface area (Å²) < 4.78 is 18.0. The topological polar surface area (TPSA) is 58.6 Å². The van der Waals surface area contributed by atoms with Crippen LogP contribution in [-0.4, -0.2) is 24.7 Å². The number of amides is 1. The standard InChI is InChI=1S/C11H14FNO3/c1-16-10-3-2-8(6-9(10)12)7-13-11(15)4-5-14/h2-3,6,14H,4-5,7H2,1H3,(H,13,15). The number of hydrogen-bond donors (Lipinski definition) is 2. The summed E-state index contributed by atoms with van der Waals surface area (Å²) in [6.45, 7) is 0.0442. The zero-order valence-corrected chi connectivity index (χ0v) is 9.00. The van der Waals surface area contributed by atoms with Gasteiger partial charge >= 0.3 is 0 Å². The molecule has 1 aromatic rings. The highest BCUT2D eigenvalue weighted by atomic mass is 19.1. The van der Waals surface area contributed by atoms with E-state index in [-0.39, 0.29) is 31.2 Å². The van der Waals surface area contributed by atoms with Gasteiger partial charge in [0, 0.05) is 13.0 Å². The molecule has 0 saturated carbocycles. The number of aliphatic hydroxyl groups excluding tert-OH is 1. The van der Waals surface area contributed by atoms with E-state index < -0.39 is 5.82 Å². The minimum absolute atomic E-state index is 0.0542. The van der Waals surface area contributed by atoms with Crippen molar-refractivity contribution >= 4 is 5.91 Å². The molecule has 0 saturated heterocycles. The Morgan fingerprint density at radius 2 is 2.31 bits per heavy atom. The van der Waals surface area contributed by atoms with E-state index in [1.165, 1.54) is 19.2 Å². The predicted octanol–water partition coefficient (Wildman–Crippen LogP) is 0.833. The van der Waals surface area contributed by atoms with E-state index in [2.05, 4.69) is 5.32 Å². The average Bonchev–Trinajstić information content (AvgIpc) is 2.27. The first-order valence-electron chi connectivity index (χ1n) is 4.87. The van der Waals surface area contributed by atoms with Crippen LogP contribution in [0.2, 0.25) is 0 Å². The van der Waals surface area contributed by atoms with Crippen LogP contribution in [0.15, 0.2) is 18.2 Å². The summed E-state index contributed by atoms with van der Waals surface area (Å²) in [5.74, 6) is -0.555. The zero-order chi connectivity index (χ0) is 12.0. The molecular formula is C11H14FNO3. The van der Waals surface area contributed by atoms with Gasteiger partial charge in [-0.2, -0.15) is 0 Å². The van der Waals surface area contributed by atoms with Gasteiger partial charge in [-0.25, -0.2) is 4.39 Å². The quantitative estimate of drug-likeness (QED) is 0.783. The van der Waals surface area contributed by atoms with Gasteiger partial charge in [0.25, 0.3) is 0 Å². The number of nitrogens with one attached hydrogen (secondary N) is 1. The van der Waals surface area contributed by atoms with Gasteiger partial charge in [0.15, 0.2) is 11.6 Å². The summed E-state index contributed by atoms with van der Waals surface area (Å²) in [5.41, 5.74) is 0.643. The monoisotopic (exact) mass is 227 g/mol. The fraction of sp³-hybridized carbons (Fsp3) is 0.364. The summed E-state index contributed by atoms with van der Waals surface area (Å²) in [6, 6.07) is 4.47. The Morgan fingerprint density at radius 1 is 1.56 bits per heavy atom. The Labute approximate surface area is 93.0 Å². The molecule has 88 valence electrons. The molecule has 0 spiro atoms. The summed E-state index contributed by atoms with van der Waals surface area (Å²) in [4.78, 5) is 11.0. The molecule has 0 aliphatic rings. The minimum atomic E-state index is -0.462. The number of ether oxygens (including phenoxy) is 1. The molecule has 0 bridgehead atoms. The molecule has 0 heterocycles. The van der Waals surface area contributed by atoms with Crippen LogP contribution in [0.5, 0.6) is 5.75 Å². The third-order valence-corrected chi connectivity index (χ3v) is 2.04. The molecule has 1 amide bonds. The average molecular weight is 227 g/mol. The molecule has 1 aromatic carbocycles. The highest BCUT2D eigenvalue weighted by Gasteiger charge is 2.04. The van der Waals surface area contributed by atoms with Crippen molar-refractivity contribution in [3.63, 3.8) is 0 Å². The summed E-state index contributed by atoms with van der Waals surface area (Å²) >= 11 is 0. The molecule has 0 radical (unpaired) electrons. The zero-order valence-electron chi connectivity index (χ0n) is 9.00. The van der Waals surface area contributed by atoms with Crippen molar-refractivity contribution in [1.29, 1.82) is 0 Å². The first-order valence-corrected chi connectivity index (χ1v) is 4.87. The molecule has 2 N–H and O–H groups in total. The number of methoxy groups -OCH3 is 1. The van der Waals surface area contributed by atoms with Crippen LogP contribution in [0.4, 0.5) is 4.39 Å². The van der Waals surface area contributed by atoms with E-state index in [9.17, 15) is 9.18 Å². The van der Waals surface area contributed by atoms with Gasteiger partial charge in [0.2, 0.25) is 5.91 Å². The molecule has 0 fully saturated rings. The lowest BCUT2D eigenvalue weighted by Crippen LogP contribution is -2.23. The van der Waals surface area contributed by atoms with Gasteiger partial charge in [-0.1, -0.05) is 6.07 Å². The SMILES string of the molecule is COc1ccc(CNC(=O)CCO)cc1F. The van der Waals surface area contributed by atoms with Crippen LogP contribution in [-0.2, 0) is 11.3 Å². The summed E-state index contributed by atoms with van der Waals surface area (Å²) in [6.07, 6.45) is 0.0542. The fourth-order valence-electron chi connectivity index (χ4n) is 1.21. The molecular weight excluding hydrogens is 213 g/mol. The van der Waals surface area contributed by atoms with E-state index >= 15 is 0 Å². The van der Waals surface area contributed by atoms with Crippen LogP contribution in [0.25, 0.3) is 0 Å². The fourth-order valence-corrected chi connectivity index (χ4v) is 1.21. The molecule has 0 unspecified atom stereocenters. The van der Waals surface area contributed by atoms with Crippen LogP contribution >= 0.6 is 0 Å². The maximum absolute atomic E-state index is 13.2. The number of halogens is 1. The highest BCUT2D eigenvalue weighted by molar-refractivity contribution is 5.75. The van der Waals surface area contributed by atoms with Crippen molar-refractivity contribution in [1.82, 2.24) is 5.32 Å². The number of aliphatic hydroxyl groups is 1. The van der Waals surface area contributed by atoms with Crippen molar-refractivity contribution in [3.05, 3.63) is 29.6 Å².